The fraction of sp³-hybridized carbons (Fsp3) is 0.176. The molecule has 0 bridgehead atoms. The van der Waals surface area contributed by atoms with E-state index in [0.717, 1.165) is 16.0 Å². The number of aromatic nitrogens is 1. The summed E-state index contributed by atoms with van der Waals surface area (Å²) in [5, 5.41) is 3.26. The van der Waals surface area contributed by atoms with Crippen LogP contribution in [0.5, 0.6) is 17.2 Å². The minimum Gasteiger partial charge on any atom is -0.497 e. The van der Waals surface area contributed by atoms with Crippen LogP contribution in [0.3, 0.4) is 0 Å². The van der Waals surface area contributed by atoms with Crippen LogP contribution in [0, 0.1) is 0 Å². The fourth-order valence-corrected chi connectivity index (χ4v) is 3.03. The number of amides is 1. The molecule has 0 radical (unpaired) electrons. The highest BCUT2D eigenvalue weighted by molar-refractivity contribution is 7.22. The lowest BCUT2D eigenvalue weighted by Gasteiger charge is -2.09. The van der Waals surface area contributed by atoms with Gasteiger partial charge in [0.05, 0.1) is 24.4 Å². The number of benzene rings is 2. The summed E-state index contributed by atoms with van der Waals surface area (Å²) in [5.74, 6) is 1.57. The molecule has 24 heavy (non-hydrogen) atoms. The first-order valence-corrected chi connectivity index (χ1v) is 8.01. The number of hydrogen-bond donors (Lipinski definition) is 1. The third-order valence-electron chi connectivity index (χ3n) is 3.27. The summed E-state index contributed by atoms with van der Waals surface area (Å²) in [4.78, 5) is 16.4. The molecule has 0 aliphatic heterocycles. The van der Waals surface area contributed by atoms with Crippen molar-refractivity contribution < 1.29 is 19.0 Å². The van der Waals surface area contributed by atoms with Crippen molar-refractivity contribution in [2.24, 2.45) is 0 Å². The van der Waals surface area contributed by atoms with Gasteiger partial charge in [-0.1, -0.05) is 23.5 Å². The zero-order valence-corrected chi connectivity index (χ0v) is 14.1. The van der Waals surface area contributed by atoms with Gasteiger partial charge < -0.3 is 14.2 Å². The van der Waals surface area contributed by atoms with Gasteiger partial charge in [-0.2, -0.15) is 0 Å². The quantitative estimate of drug-likeness (QED) is 0.743. The van der Waals surface area contributed by atoms with Crippen molar-refractivity contribution in [1.29, 1.82) is 0 Å². The van der Waals surface area contributed by atoms with Gasteiger partial charge in [-0.05, 0) is 30.3 Å². The molecule has 0 aliphatic rings. The first kappa shape index (κ1) is 16.1. The van der Waals surface area contributed by atoms with E-state index in [1.165, 1.54) is 11.3 Å². The van der Waals surface area contributed by atoms with Crippen LogP contribution in [-0.2, 0) is 4.79 Å². The van der Waals surface area contributed by atoms with Gasteiger partial charge in [-0.3, -0.25) is 10.1 Å². The van der Waals surface area contributed by atoms with Gasteiger partial charge in [0.25, 0.3) is 5.91 Å². The first-order valence-electron chi connectivity index (χ1n) is 7.20. The Morgan fingerprint density at radius 3 is 2.67 bits per heavy atom. The number of nitrogens with zero attached hydrogens (tertiary/aromatic N) is 1. The molecule has 2 aromatic carbocycles. The van der Waals surface area contributed by atoms with Crippen molar-refractivity contribution in [2.75, 3.05) is 26.1 Å². The van der Waals surface area contributed by atoms with Gasteiger partial charge in [-0.15, -0.1) is 0 Å². The summed E-state index contributed by atoms with van der Waals surface area (Å²) in [7, 11) is 3.16. The SMILES string of the molecule is COc1ccc2nc(NC(=O)COc3ccccc3OC)sc2c1. The second-order valence-electron chi connectivity index (χ2n) is 4.84. The normalized spacial score (nSPS) is 10.4. The minimum atomic E-state index is -0.285. The molecule has 6 nitrogen and oxygen atoms in total. The molecule has 1 heterocycles. The number of methoxy groups -OCH3 is 2. The summed E-state index contributed by atoms with van der Waals surface area (Å²) in [6, 6.07) is 12.7. The average molecular weight is 344 g/mol. The lowest BCUT2D eigenvalue weighted by atomic mass is 10.3. The van der Waals surface area contributed by atoms with E-state index in [0.29, 0.717) is 16.6 Å². The van der Waals surface area contributed by atoms with Gasteiger partial charge in [0.2, 0.25) is 0 Å². The fourth-order valence-electron chi connectivity index (χ4n) is 2.12. The van der Waals surface area contributed by atoms with E-state index in [1.54, 1.807) is 26.4 Å². The third kappa shape index (κ3) is 3.57. The molecule has 0 spiro atoms. The maximum Gasteiger partial charge on any atom is 0.264 e. The lowest BCUT2D eigenvalue weighted by Crippen LogP contribution is -2.20. The highest BCUT2D eigenvalue weighted by Crippen LogP contribution is 2.29. The van der Waals surface area contributed by atoms with Gasteiger partial charge in [-0.25, -0.2) is 4.98 Å². The van der Waals surface area contributed by atoms with Crippen LogP contribution < -0.4 is 19.5 Å². The molecule has 0 saturated carbocycles. The summed E-state index contributed by atoms with van der Waals surface area (Å²) >= 11 is 1.38. The maximum atomic E-state index is 12.1. The van der Waals surface area contributed by atoms with Crippen LogP contribution in [0.2, 0.25) is 0 Å². The van der Waals surface area contributed by atoms with Gasteiger partial charge in [0.1, 0.15) is 5.75 Å². The van der Waals surface area contributed by atoms with Crippen molar-refractivity contribution in [3.05, 3.63) is 42.5 Å². The molecule has 3 aromatic rings. The van der Waals surface area contributed by atoms with Crippen molar-refractivity contribution in [2.45, 2.75) is 0 Å². The monoisotopic (exact) mass is 344 g/mol. The Kier molecular flexibility index (Phi) is 4.81. The van der Waals surface area contributed by atoms with Crippen LogP contribution in [0.4, 0.5) is 5.13 Å². The zero-order chi connectivity index (χ0) is 16.9. The number of nitrogens with one attached hydrogen (secondary N) is 1. The van der Waals surface area contributed by atoms with E-state index < -0.39 is 0 Å². The molecule has 0 fully saturated rings. The number of thiazole rings is 1. The Bertz CT molecular complexity index is 863. The van der Waals surface area contributed by atoms with Gasteiger partial charge >= 0.3 is 0 Å². The molecule has 0 unspecified atom stereocenters. The van der Waals surface area contributed by atoms with Crippen LogP contribution in [-0.4, -0.2) is 31.7 Å². The van der Waals surface area contributed by atoms with E-state index in [2.05, 4.69) is 10.3 Å². The number of hydrogen-bond acceptors (Lipinski definition) is 6. The van der Waals surface area contributed by atoms with Crippen LogP contribution in [0.25, 0.3) is 10.2 Å². The predicted octanol–water partition coefficient (Wildman–Crippen LogP) is 3.33. The number of carbonyl (C=O) groups excluding carboxylic acids is 1. The smallest absolute Gasteiger partial charge is 0.264 e. The maximum absolute atomic E-state index is 12.1. The van der Waals surface area contributed by atoms with E-state index in [1.807, 2.05) is 30.3 Å². The van der Waals surface area contributed by atoms with E-state index >= 15 is 0 Å². The van der Waals surface area contributed by atoms with Crippen LogP contribution in [0.15, 0.2) is 42.5 Å². The number of anilines is 1. The predicted molar refractivity (Wildman–Crippen MR) is 93.3 cm³/mol. The number of ether oxygens (including phenoxy) is 3. The Morgan fingerprint density at radius 1 is 1.12 bits per heavy atom. The molecule has 0 saturated heterocycles. The molecule has 1 aromatic heterocycles. The summed E-state index contributed by atoms with van der Waals surface area (Å²) in [5.41, 5.74) is 0.807. The highest BCUT2D eigenvalue weighted by Gasteiger charge is 2.10. The largest absolute Gasteiger partial charge is 0.497 e. The highest BCUT2D eigenvalue weighted by atomic mass is 32.1. The van der Waals surface area contributed by atoms with E-state index in [4.69, 9.17) is 14.2 Å². The summed E-state index contributed by atoms with van der Waals surface area (Å²) < 4.78 is 16.8. The standard InChI is InChI=1S/C17H16N2O4S/c1-21-11-7-8-12-15(9-11)24-17(18-12)19-16(20)10-23-14-6-4-3-5-13(14)22-2/h3-9H,10H2,1-2H3,(H,18,19,20). The topological polar surface area (TPSA) is 69.7 Å². The Hall–Kier alpha value is -2.80. The summed E-state index contributed by atoms with van der Waals surface area (Å²) in [6.45, 7) is -0.125. The Labute approximate surface area is 143 Å². The first-order chi connectivity index (χ1) is 11.7. The average Bonchev–Trinajstić information content (AvgIpc) is 3.01. The minimum absolute atomic E-state index is 0.125. The van der Waals surface area contributed by atoms with Crippen molar-refractivity contribution in [1.82, 2.24) is 4.98 Å². The molecule has 0 atom stereocenters. The van der Waals surface area contributed by atoms with Gasteiger partial charge in [0.15, 0.2) is 23.2 Å². The lowest BCUT2D eigenvalue weighted by molar-refractivity contribution is -0.118. The van der Waals surface area contributed by atoms with Crippen LogP contribution >= 0.6 is 11.3 Å². The van der Waals surface area contributed by atoms with Crippen molar-refractivity contribution >= 4 is 32.6 Å². The number of carbonyl (C=O) groups is 1. The molecule has 1 N–H and O–H groups in total. The van der Waals surface area contributed by atoms with Gasteiger partial charge in [0, 0.05) is 0 Å². The van der Waals surface area contributed by atoms with Crippen molar-refractivity contribution in [3.8, 4) is 17.2 Å². The molecule has 3 rings (SSSR count). The molecular weight excluding hydrogens is 328 g/mol. The molecular formula is C17H16N2O4S. The molecule has 124 valence electrons. The van der Waals surface area contributed by atoms with Crippen LogP contribution in [0.1, 0.15) is 0 Å². The van der Waals surface area contributed by atoms with E-state index in [9.17, 15) is 4.79 Å². The third-order valence-corrected chi connectivity index (χ3v) is 4.20. The molecule has 1 amide bonds. The second kappa shape index (κ2) is 7.18. The molecule has 7 heteroatoms. The van der Waals surface area contributed by atoms with Crippen molar-refractivity contribution in [3.63, 3.8) is 0 Å². The Balaban J connectivity index is 1.64. The second-order valence-corrected chi connectivity index (χ2v) is 5.87. The number of fused-ring (bicyclic) bond motifs is 1. The number of rotatable bonds is 6. The zero-order valence-electron chi connectivity index (χ0n) is 13.2. The Morgan fingerprint density at radius 2 is 1.92 bits per heavy atom. The summed E-state index contributed by atoms with van der Waals surface area (Å²) in [6.07, 6.45) is 0. The van der Waals surface area contributed by atoms with E-state index in [-0.39, 0.29) is 12.5 Å². The molecule has 0 aliphatic carbocycles. The number of para-hydroxylation sites is 2.